The van der Waals surface area contributed by atoms with Crippen molar-refractivity contribution in [2.75, 3.05) is 45.2 Å². The lowest BCUT2D eigenvalue weighted by molar-refractivity contribution is -0.125. The van der Waals surface area contributed by atoms with Crippen LogP contribution in [-0.4, -0.2) is 61.3 Å². The third-order valence-corrected chi connectivity index (χ3v) is 6.14. The van der Waals surface area contributed by atoms with Crippen LogP contribution in [0.5, 0.6) is 5.75 Å². The normalized spacial score (nSPS) is 16.0. The second-order valence-corrected chi connectivity index (χ2v) is 8.78. The smallest absolute Gasteiger partial charge is 0.324 e. The molecule has 1 saturated heterocycles. The van der Waals surface area contributed by atoms with Gasteiger partial charge >= 0.3 is 6.01 Å². The van der Waals surface area contributed by atoms with Gasteiger partial charge in [0, 0.05) is 31.7 Å². The lowest BCUT2D eigenvalue weighted by Crippen LogP contribution is -2.43. The first-order valence-corrected chi connectivity index (χ1v) is 11.9. The van der Waals surface area contributed by atoms with E-state index in [0.29, 0.717) is 24.9 Å². The molecular weight excluding hydrogens is 430 g/mol. The Balaban J connectivity index is 1.22. The molecule has 0 bridgehead atoms. The summed E-state index contributed by atoms with van der Waals surface area (Å²) in [7, 11) is 3.74. The average Bonchev–Trinajstić information content (AvgIpc) is 3.38. The topological polar surface area (TPSA) is 83.7 Å². The highest BCUT2D eigenvalue weighted by atomic mass is 16.5. The zero-order valence-electron chi connectivity index (χ0n) is 19.9. The molecule has 1 aromatic heterocycles. The van der Waals surface area contributed by atoms with E-state index in [2.05, 4.69) is 51.7 Å². The van der Waals surface area contributed by atoms with E-state index in [-0.39, 0.29) is 11.8 Å². The molecule has 0 aliphatic carbocycles. The van der Waals surface area contributed by atoms with E-state index in [0.717, 1.165) is 50.2 Å². The average molecular weight is 464 g/mol. The molecule has 1 fully saturated rings. The number of methoxy groups -OCH3 is 1. The molecule has 2 heterocycles. The van der Waals surface area contributed by atoms with Gasteiger partial charge in [0.25, 0.3) is 0 Å². The molecule has 1 aliphatic heterocycles. The molecule has 1 atom stereocenters. The van der Waals surface area contributed by atoms with Gasteiger partial charge < -0.3 is 24.4 Å². The summed E-state index contributed by atoms with van der Waals surface area (Å²) in [5.41, 5.74) is 2.16. The first-order chi connectivity index (χ1) is 16.6. The molecule has 180 valence electrons. The van der Waals surface area contributed by atoms with Crippen molar-refractivity contribution in [2.45, 2.75) is 25.8 Å². The highest BCUT2D eigenvalue weighted by Crippen LogP contribution is 2.25. The number of carbonyl (C=O) groups is 1. The summed E-state index contributed by atoms with van der Waals surface area (Å²) in [5.74, 6) is 1.33. The third-order valence-electron chi connectivity index (χ3n) is 6.14. The van der Waals surface area contributed by atoms with E-state index in [1.165, 1.54) is 5.56 Å². The van der Waals surface area contributed by atoms with Crippen molar-refractivity contribution in [1.29, 1.82) is 0 Å². The maximum atomic E-state index is 12.8. The quantitative estimate of drug-likeness (QED) is 0.460. The monoisotopic (exact) mass is 463 g/mol. The molecule has 0 spiro atoms. The number of hydrogen-bond donors (Lipinski definition) is 1. The van der Waals surface area contributed by atoms with Crippen molar-refractivity contribution in [1.82, 2.24) is 20.4 Å². The van der Waals surface area contributed by atoms with Crippen LogP contribution in [0.15, 0.2) is 59.1 Å². The van der Waals surface area contributed by atoms with Crippen LogP contribution < -0.4 is 15.0 Å². The molecular formula is C26H33N5O3. The fourth-order valence-electron chi connectivity index (χ4n) is 4.25. The van der Waals surface area contributed by atoms with Crippen molar-refractivity contribution < 1.29 is 14.1 Å². The number of rotatable bonds is 10. The Morgan fingerprint density at radius 1 is 1.21 bits per heavy atom. The van der Waals surface area contributed by atoms with E-state index in [1.54, 1.807) is 7.11 Å². The van der Waals surface area contributed by atoms with E-state index < -0.39 is 0 Å². The molecule has 4 rings (SSSR count). The molecule has 8 nitrogen and oxygen atoms in total. The van der Waals surface area contributed by atoms with Crippen LogP contribution in [0.25, 0.3) is 11.4 Å². The summed E-state index contributed by atoms with van der Waals surface area (Å²) in [4.78, 5) is 21.6. The maximum Gasteiger partial charge on any atom is 0.324 e. The van der Waals surface area contributed by atoms with Gasteiger partial charge in [-0.3, -0.25) is 4.79 Å². The molecule has 8 heteroatoms. The number of benzene rings is 2. The lowest BCUT2D eigenvalue weighted by Gasteiger charge is -2.30. The third kappa shape index (κ3) is 6.35. The van der Waals surface area contributed by atoms with E-state index in [1.807, 2.05) is 35.2 Å². The highest BCUT2D eigenvalue weighted by molar-refractivity contribution is 5.79. The van der Waals surface area contributed by atoms with Gasteiger partial charge in [0.05, 0.1) is 13.0 Å². The van der Waals surface area contributed by atoms with Crippen molar-refractivity contribution in [3.05, 3.63) is 60.2 Å². The van der Waals surface area contributed by atoms with Crippen LogP contribution in [0.2, 0.25) is 0 Å². The minimum atomic E-state index is -0.0767. The van der Waals surface area contributed by atoms with E-state index in [9.17, 15) is 4.79 Å². The summed E-state index contributed by atoms with van der Waals surface area (Å²) in [6.07, 6.45) is 2.70. The standard InChI is InChI=1S/C26H33N5O3/c1-30(18-20-8-4-3-5-9-20)16-7-15-27-25(32)22-10-6-17-31(19-22)26-28-24(29-34-26)21-11-13-23(33-2)14-12-21/h3-5,8-9,11-14,22H,6-7,10,15-19H2,1-2H3,(H,27,32). The number of carbonyl (C=O) groups excluding carboxylic acids is 1. The van der Waals surface area contributed by atoms with Crippen molar-refractivity contribution in [3.63, 3.8) is 0 Å². The summed E-state index contributed by atoms with van der Waals surface area (Å²) in [5, 5.41) is 7.24. The van der Waals surface area contributed by atoms with Crippen LogP contribution in [0, 0.1) is 5.92 Å². The minimum absolute atomic E-state index is 0.0767. The van der Waals surface area contributed by atoms with Gasteiger partial charge in [0.15, 0.2) is 0 Å². The number of nitrogens with zero attached hydrogens (tertiary/aromatic N) is 4. The fraction of sp³-hybridized carbons (Fsp3) is 0.423. The molecule has 0 saturated carbocycles. The lowest BCUT2D eigenvalue weighted by atomic mass is 9.97. The SMILES string of the molecule is COc1ccc(-c2noc(N3CCCC(C(=O)NCCCN(C)Cc4ccccc4)C3)n2)cc1. The van der Waals surface area contributed by atoms with Gasteiger partial charge in [-0.1, -0.05) is 35.5 Å². The number of ether oxygens (including phenoxy) is 1. The number of anilines is 1. The number of nitrogens with one attached hydrogen (secondary N) is 1. The molecule has 34 heavy (non-hydrogen) atoms. The Hall–Kier alpha value is -3.39. The van der Waals surface area contributed by atoms with E-state index >= 15 is 0 Å². The van der Waals surface area contributed by atoms with Gasteiger partial charge in [-0.05, 0) is 62.7 Å². The van der Waals surface area contributed by atoms with Gasteiger partial charge in [-0.25, -0.2) is 0 Å². The number of hydrogen-bond acceptors (Lipinski definition) is 7. The fourth-order valence-corrected chi connectivity index (χ4v) is 4.25. The molecule has 2 aromatic carbocycles. The molecule has 1 amide bonds. The summed E-state index contributed by atoms with van der Waals surface area (Å²) in [6, 6.07) is 18.4. The van der Waals surface area contributed by atoms with Crippen molar-refractivity contribution in [2.24, 2.45) is 5.92 Å². The molecule has 1 aliphatic rings. The Morgan fingerprint density at radius 3 is 2.76 bits per heavy atom. The minimum Gasteiger partial charge on any atom is -0.497 e. The zero-order valence-corrected chi connectivity index (χ0v) is 19.9. The van der Waals surface area contributed by atoms with Gasteiger partial charge in [-0.15, -0.1) is 0 Å². The Kier molecular flexibility index (Phi) is 8.14. The van der Waals surface area contributed by atoms with Crippen LogP contribution in [0.4, 0.5) is 6.01 Å². The molecule has 0 radical (unpaired) electrons. The maximum absolute atomic E-state index is 12.8. The largest absolute Gasteiger partial charge is 0.497 e. The second-order valence-electron chi connectivity index (χ2n) is 8.78. The second kappa shape index (κ2) is 11.7. The molecule has 3 aromatic rings. The van der Waals surface area contributed by atoms with Crippen molar-refractivity contribution in [3.8, 4) is 17.1 Å². The predicted molar refractivity (Wildman–Crippen MR) is 132 cm³/mol. The Bertz CT molecular complexity index is 1040. The van der Waals surface area contributed by atoms with Crippen LogP contribution in [0.1, 0.15) is 24.8 Å². The summed E-state index contributed by atoms with van der Waals surface area (Å²) < 4.78 is 10.7. The summed E-state index contributed by atoms with van der Waals surface area (Å²) in [6.45, 7) is 3.91. The number of amides is 1. The highest BCUT2D eigenvalue weighted by Gasteiger charge is 2.28. The number of aromatic nitrogens is 2. The number of piperidine rings is 1. The first kappa shape index (κ1) is 23.8. The van der Waals surface area contributed by atoms with Crippen LogP contribution in [0.3, 0.4) is 0 Å². The zero-order chi connectivity index (χ0) is 23.8. The molecule has 1 unspecified atom stereocenters. The van der Waals surface area contributed by atoms with Crippen molar-refractivity contribution >= 4 is 11.9 Å². The summed E-state index contributed by atoms with van der Waals surface area (Å²) >= 11 is 0. The Morgan fingerprint density at radius 2 is 2.00 bits per heavy atom. The van der Waals surface area contributed by atoms with E-state index in [4.69, 9.17) is 9.26 Å². The van der Waals surface area contributed by atoms with Crippen LogP contribution in [-0.2, 0) is 11.3 Å². The predicted octanol–water partition coefficient (Wildman–Crippen LogP) is 3.60. The molecule has 1 N–H and O–H groups in total. The van der Waals surface area contributed by atoms with Gasteiger partial charge in [-0.2, -0.15) is 4.98 Å². The van der Waals surface area contributed by atoms with Gasteiger partial charge in [0.1, 0.15) is 5.75 Å². The Labute approximate surface area is 200 Å². The van der Waals surface area contributed by atoms with Gasteiger partial charge in [0.2, 0.25) is 11.7 Å². The first-order valence-electron chi connectivity index (χ1n) is 11.9. The van der Waals surface area contributed by atoms with Crippen LogP contribution >= 0.6 is 0 Å².